The van der Waals surface area contributed by atoms with Crippen LogP contribution in [0.3, 0.4) is 0 Å². The first-order valence-corrected chi connectivity index (χ1v) is 7.21. The van der Waals surface area contributed by atoms with Gasteiger partial charge in [-0.15, -0.1) is 0 Å². The summed E-state index contributed by atoms with van der Waals surface area (Å²) in [5.41, 5.74) is 1.53. The highest BCUT2D eigenvalue weighted by atomic mass is 16.5. The Morgan fingerprint density at radius 3 is 2.67 bits per heavy atom. The molecule has 1 amide bonds. The summed E-state index contributed by atoms with van der Waals surface area (Å²) in [5.74, 6) is -1.08. The van der Waals surface area contributed by atoms with E-state index in [2.05, 4.69) is 0 Å². The van der Waals surface area contributed by atoms with Crippen LogP contribution in [0.2, 0.25) is 0 Å². The predicted molar refractivity (Wildman–Crippen MR) is 76.5 cm³/mol. The molecule has 2 saturated heterocycles. The summed E-state index contributed by atoms with van der Waals surface area (Å²) < 4.78 is 5.47. The Morgan fingerprint density at radius 1 is 1.24 bits per heavy atom. The van der Waals surface area contributed by atoms with E-state index in [1.807, 2.05) is 4.90 Å². The fraction of sp³-hybridized carbons (Fsp3) is 0.500. The third-order valence-corrected chi connectivity index (χ3v) is 4.48. The predicted octanol–water partition coefficient (Wildman–Crippen LogP) is 1.95. The molecular formula is C16H19NO4. The lowest BCUT2D eigenvalue weighted by Gasteiger charge is -2.22. The van der Waals surface area contributed by atoms with Gasteiger partial charge in [0, 0.05) is 30.7 Å². The molecule has 112 valence electrons. The Kier molecular flexibility index (Phi) is 3.45. The maximum absolute atomic E-state index is 12.6. The molecule has 1 N–H and O–H groups in total. The van der Waals surface area contributed by atoms with Crippen molar-refractivity contribution in [1.29, 1.82) is 0 Å². The molecule has 5 heteroatoms. The molecule has 2 aliphatic rings. The van der Waals surface area contributed by atoms with Gasteiger partial charge in [0.25, 0.3) is 5.91 Å². The highest BCUT2D eigenvalue weighted by Gasteiger charge is 2.42. The van der Waals surface area contributed by atoms with Crippen LogP contribution in [-0.4, -0.2) is 48.2 Å². The molecule has 1 aromatic carbocycles. The zero-order valence-electron chi connectivity index (χ0n) is 12.1. The van der Waals surface area contributed by atoms with Crippen LogP contribution in [0.15, 0.2) is 18.2 Å². The fourth-order valence-corrected chi connectivity index (χ4v) is 3.29. The summed E-state index contributed by atoms with van der Waals surface area (Å²) in [6, 6.07) is 4.80. The average molecular weight is 289 g/mol. The summed E-state index contributed by atoms with van der Waals surface area (Å²) >= 11 is 0. The van der Waals surface area contributed by atoms with E-state index >= 15 is 0 Å². The van der Waals surface area contributed by atoms with Crippen LogP contribution in [0, 0.1) is 12.3 Å². The van der Waals surface area contributed by atoms with E-state index in [-0.39, 0.29) is 16.9 Å². The number of rotatable bonds is 2. The van der Waals surface area contributed by atoms with Gasteiger partial charge < -0.3 is 14.7 Å². The number of hydrogen-bond acceptors (Lipinski definition) is 3. The minimum absolute atomic E-state index is 0.0787. The number of carboxylic acids is 1. The molecule has 1 unspecified atom stereocenters. The minimum Gasteiger partial charge on any atom is -0.478 e. The number of likely N-dealkylation sites (tertiary alicyclic amines) is 1. The normalized spacial score (nSPS) is 24.7. The van der Waals surface area contributed by atoms with Gasteiger partial charge in [-0.1, -0.05) is 0 Å². The van der Waals surface area contributed by atoms with Crippen molar-refractivity contribution in [2.24, 2.45) is 5.41 Å². The van der Waals surface area contributed by atoms with Gasteiger partial charge in [0.05, 0.1) is 12.2 Å². The van der Waals surface area contributed by atoms with Crippen LogP contribution in [0.4, 0.5) is 0 Å². The Morgan fingerprint density at radius 2 is 2.00 bits per heavy atom. The van der Waals surface area contributed by atoms with E-state index < -0.39 is 5.97 Å². The van der Waals surface area contributed by atoms with E-state index in [9.17, 15) is 9.59 Å². The number of aryl methyl sites for hydroxylation is 1. The van der Waals surface area contributed by atoms with Gasteiger partial charge in [0.2, 0.25) is 0 Å². The molecule has 21 heavy (non-hydrogen) atoms. The average Bonchev–Trinajstić information content (AvgIpc) is 3.08. The van der Waals surface area contributed by atoms with Crippen LogP contribution in [-0.2, 0) is 4.74 Å². The van der Waals surface area contributed by atoms with Crippen molar-refractivity contribution in [3.05, 3.63) is 34.9 Å². The standard InChI is InChI=1S/C16H19NO4/c1-11-6-12(8-13(7-11)15(19)20)14(18)17-4-2-16(9-17)3-5-21-10-16/h6-8H,2-5,9-10H2,1H3,(H,19,20). The topological polar surface area (TPSA) is 66.8 Å². The quantitative estimate of drug-likeness (QED) is 0.903. The number of carbonyl (C=O) groups is 2. The minimum atomic E-state index is -1.00. The fourth-order valence-electron chi connectivity index (χ4n) is 3.29. The van der Waals surface area contributed by atoms with Gasteiger partial charge in [-0.3, -0.25) is 4.79 Å². The van der Waals surface area contributed by atoms with Gasteiger partial charge in [-0.05, 0) is 43.5 Å². The Balaban J connectivity index is 1.81. The van der Waals surface area contributed by atoms with Crippen LogP contribution >= 0.6 is 0 Å². The van der Waals surface area contributed by atoms with E-state index in [0.29, 0.717) is 12.1 Å². The third kappa shape index (κ3) is 2.65. The lowest BCUT2D eigenvalue weighted by atomic mass is 9.87. The number of aromatic carboxylic acids is 1. The van der Waals surface area contributed by atoms with Crippen molar-refractivity contribution in [2.45, 2.75) is 19.8 Å². The van der Waals surface area contributed by atoms with Crippen LogP contribution in [0.5, 0.6) is 0 Å². The van der Waals surface area contributed by atoms with Crippen molar-refractivity contribution in [3.8, 4) is 0 Å². The maximum Gasteiger partial charge on any atom is 0.335 e. The summed E-state index contributed by atoms with van der Waals surface area (Å²) in [5, 5.41) is 9.11. The molecule has 1 spiro atoms. The van der Waals surface area contributed by atoms with Crippen molar-refractivity contribution in [3.63, 3.8) is 0 Å². The third-order valence-electron chi connectivity index (χ3n) is 4.48. The molecule has 1 atom stereocenters. The summed E-state index contributed by atoms with van der Waals surface area (Å²) in [6.07, 6.45) is 1.97. The molecule has 0 aromatic heterocycles. The van der Waals surface area contributed by atoms with E-state index in [0.717, 1.165) is 38.2 Å². The second kappa shape index (κ2) is 5.15. The monoisotopic (exact) mass is 289 g/mol. The highest BCUT2D eigenvalue weighted by Crippen LogP contribution is 2.38. The van der Waals surface area contributed by atoms with E-state index in [1.165, 1.54) is 6.07 Å². The van der Waals surface area contributed by atoms with E-state index in [1.54, 1.807) is 19.1 Å². The second-order valence-corrected chi connectivity index (χ2v) is 6.17. The van der Waals surface area contributed by atoms with Gasteiger partial charge in [0.1, 0.15) is 0 Å². The first-order valence-electron chi connectivity index (χ1n) is 7.21. The summed E-state index contributed by atoms with van der Waals surface area (Å²) in [4.78, 5) is 25.5. The molecule has 5 nitrogen and oxygen atoms in total. The molecular weight excluding hydrogens is 270 g/mol. The van der Waals surface area contributed by atoms with Gasteiger partial charge >= 0.3 is 5.97 Å². The van der Waals surface area contributed by atoms with Gasteiger partial charge in [0.15, 0.2) is 0 Å². The summed E-state index contributed by atoms with van der Waals surface area (Å²) in [7, 11) is 0. The number of nitrogens with zero attached hydrogens (tertiary/aromatic N) is 1. The highest BCUT2D eigenvalue weighted by molar-refractivity contribution is 5.98. The number of carbonyl (C=O) groups excluding carboxylic acids is 1. The molecule has 2 fully saturated rings. The lowest BCUT2D eigenvalue weighted by molar-refractivity contribution is 0.0696. The molecule has 1 aromatic rings. The molecule has 0 bridgehead atoms. The van der Waals surface area contributed by atoms with Crippen LogP contribution in [0.25, 0.3) is 0 Å². The smallest absolute Gasteiger partial charge is 0.335 e. The van der Waals surface area contributed by atoms with E-state index in [4.69, 9.17) is 9.84 Å². The SMILES string of the molecule is Cc1cc(C(=O)O)cc(C(=O)N2CCC3(CCOC3)C2)c1. The lowest BCUT2D eigenvalue weighted by Crippen LogP contribution is -2.32. The summed E-state index contributed by atoms with van der Waals surface area (Å²) in [6.45, 7) is 4.74. The first kappa shape index (κ1) is 14.1. The number of benzene rings is 1. The molecule has 3 rings (SSSR count). The maximum atomic E-state index is 12.6. The van der Waals surface area contributed by atoms with Crippen molar-refractivity contribution in [2.75, 3.05) is 26.3 Å². The number of hydrogen-bond donors (Lipinski definition) is 1. The molecule has 2 aliphatic heterocycles. The Bertz CT molecular complexity index is 590. The van der Waals surface area contributed by atoms with Crippen molar-refractivity contribution >= 4 is 11.9 Å². The zero-order chi connectivity index (χ0) is 15.0. The molecule has 2 heterocycles. The van der Waals surface area contributed by atoms with Gasteiger partial charge in [-0.2, -0.15) is 0 Å². The number of ether oxygens (including phenoxy) is 1. The van der Waals surface area contributed by atoms with Crippen molar-refractivity contribution < 1.29 is 19.4 Å². The first-order chi connectivity index (χ1) is 9.99. The van der Waals surface area contributed by atoms with Crippen LogP contribution in [0.1, 0.15) is 39.1 Å². The van der Waals surface area contributed by atoms with Crippen molar-refractivity contribution in [1.82, 2.24) is 4.90 Å². The Labute approximate surface area is 123 Å². The second-order valence-electron chi connectivity index (χ2n) is 6.17. The van der Waals surface area contributed by atoms with Crippen LogP contribution < -0.4 is 0 Å². The Hall–Kier alpha value is -1.88. The number of amides is 1. The molecule has 0 saturated carbocycles. The molecule has 0 radical (unpaired) electrons. The zero-order valence-corrected chi connectivity index (χ0v) is 12.1. The van der Waals surface area contributed by atoms with Gasteiger partial charge in [-0.25, -0.2) is 4.79 Å². The number of carboxylic acid groups (broad SMARTS) is 1. The molecule has 0 aliphatic carbocycles. The largest absolute Gasteiger partial charge is 0.478 e.